The van der Waals surface area contributed by atoms with E-state index < -0.39 is 12.1 Å². The van der Waals surface area contributed by atoms with Crippen LogP contribution in [0, 0.1) is 0 Å². The summed E-state index contributed by atoms with van der Waals surface area (Å²) >= 11 is 3.28. The van der Waals surface area contributed by atoms with Crippen LogP contribution in [-0.4, -0.2) is 16.2 Å². The summed E-state index contributed by atoms with van der Waals surface area (Å²) in [5.74, 6) is -1.08. The fraction of sp³-hybridized carbons (Fsp3) is 0.0833. The lowest BCUT2D eigenvalue weighted by Gasteiger charge is -2.09. The highest BCUT2D eigenvalue weighted by molar-refractivity contribution is 9.10. The molecule has 0 radical (unpaired) electrons. The molecule has 1 aromatic heterocycles. The summed E-state index contributed by atoms with van der Waals surface area (Å²) in [4.78, 5) is 10.9. The van der Waals surface area contributed by atoms with Crippen LogP contribution in [0.15, 0.2) is 45.5 Å². The minimum atomic E-state index is -1.12. The monoisotopic (exact) mass is 296 g/mol. The van der Waals surface area contributed by atoms with Crippen molar-refractivity contribution in [1.82, 2.24) is 0 Å². The number of furan rings is 1. The van der Waals surface area contributed by atoms with Gasteiger partial charge in [0.25, 0.3) is 0 Å². The van der Waals surface area contributed by atoms with Gasteiger partial charge < -0.3 is 14.6 Å². The molecule has 2 N–H and O–H groups in total. The summed E-state index contributed by atoms with van der Waals surface area (Å²) < 4.78 is 5.91. The van der Waals surface area contributed by atoms with Crippen molar-refractivity contribution >= 4 is 21.9 Å². The van der Waals surface area contributed by atoms with Gasteiger partial charge >= 0.3 is 5.97 Å². The molecule has 0 aliphatic rings. The van der Waals surface area contributed by atoms with E-state index >= 15 is 0 Å². The zero-order chi connectivity index (χ0) is 12.4. The third-order valence-electron chi connectivity index (χ3n) is 2.36. The number of carboxylic acids is 1. The van der Waals surface area contributed by atoms with Crippen LogP contribution in [0.4, 0.5) is 0 Å². The number of aliphatic hydroxyl groups is 1. The van der Waals surface area contributed by atoms with Crippen LogP contribution >= 0.6 is 15.9 Å². The van der Waals surface area contributed by atoms with Crippen LogP contribution in [-0.2, 0) is 0 Å². The maximum Gasteiger partial charge on any atom is 0.339 e. The number of rotatable bonds is 3. The molecule has 1 heterocycles. The minimum absolute atomic E-state index is 0.0274. The molecule has 1 unspecified atom stereocenters. The zero-order valence-corrected chi connectivity index (χ0v) is 10.2. The first-order valence-corrected chi connectivity index (χ1v) is 5.63. The molecule has 88 valence electrons. The van der Waals surface area contributed by atoms with Crippen LogP contribution in [0.3, 0.4) is 0 Å². The van der Waals surface area contributed by atoms with Gasteiger partial charge in [-0.15, -0.1) is 0 Å². The number of carbonyl (C=O) groups is 1. The van der Waals surface area contributed by atoms with Gasteiger partial charge in [-0.3, -0.25) is 0 Å². The Balaban J connectivity index is 2.36. The van der Waals surface area contributed by atoms with Crippen molar-refractivity contribution in [2.75, 3.05) is 0 Å². The molecular weight excluding hydrogens is 288 g/mol. The van der Waals surface area contributed by atoms with E-state index in [9.17, 15) is 9.90 Å². The number of halogens is 1. The lowest BCUT2D eigenvalue weighted by atomic mass is 10.0. The topological polar surface area (TPSA) is 70.7 Å². The van der Waals surface area contributed by atoms with Gasteiger partial charge in [-0.05, 0) is 23.8 Å². The fourth-order valence-electron chi connectivity index (χ4n) is 1.51. The lowest BCUT2D eigenvalue weighted by Crippen LogP contribution is -2.05. The van der Waals surface area contributed by atoms with Gasteiger partial charge in [0.05, 0.1) is 6.26 Å². The van der Waals surface area contributed by atoms with Crippen molar-refractivity contribution in [3.8, 4) is 0 Å². The molecule has 0 aliphatic heterocycles. The normalized spacial score (nSPS) is 12.4. The SMILES string of the molecule is O=C(O)c1ccoc1C(O)c1ccc(Br)cc1. The van der Waals surface area contributed by atoms with Gasteiger partial charge in [0.15, 0.2) is 5.76 Å². The molecule has 0 fully saturated rings. The second-order valence-electron chi connectivity index (χ2n) is 3.46. The van der Waals surface area contributed by atoms with Gasteiger partial charge in [0, 0.05) is 4.47 Å². The maximum atomic E-state index is 10.9. The van der Waals surface area contributed by atoms with Crippen molar-refractivity contribution in [3.05, 3.63) is 58.0 Å². The van der Waals surface area contributed by atoms with E-state index in [4.69, 9.17) is 9.52 Å². The first kappa shape index (κ1) is 11.9. The predicted octanol–water partition coefficient (Wildman–Crippen LogP) is 2.82. The maximum absolute atomic E-state index is 10.9. The highest BCUT2D eigenvalue weighted by atomic mass is 79.9. The summed E-state index contributed by atoms with van der Waals surface area (Å²) in [7, 11) is 0. The summed E-state index contributed by atoms with van der Waals surface area (Å²) in [5, 5.41) is 18.9. The van der Waals surface area contributed by atoms with Crippen LogP contribution in [0.25, 0.3) is 0 Å². The van der Waals surface area contributed by atoms with Crippen molar-refractivity contribution in [1.29, 1.82) is 0 Å². The fourth-order valence-corrected chi connectivity index (χ4v) is 1.77. The molecule has 0 spiro atoms. The van der Waals surface area contributed by atoms with E-state index in [1.54, 1.807) is 24.3 Å². The van der Waals surface area contributed by atoms with E-state index in [0.29, 0.717) is 5.56 Å². The molecule has 17 heavy (non-hydrogen) atoms. The summed E-state index contributed by atoms with van der Waals surface area (Å²) in [5.41, 5.74) is 0.547. The Kier molecular flexibility index (Phi) is 3.31. The van der Waals surface area contributed by atoms with Crippen LogP contribution < -0.4 is 0 Å². The first-order chi connectivity index (χ1) is 8.09. The average molecular weight is 297 g/mol. The molecule has 2 aromatic rings. The molecule has 0 bridgehead atoms. The Morgan fingerprint density at radius 3 is 2.47 bits per heavy atom. The molecule has 0 saturated carbocycles. The van der Waals surface area contributed by atoms with Crippen molar-refractivity contribution in [2.45, 2.75) is 6.10 Å². The number of hydrogen-bond acceptors (Lipinski definition) is 3. The lowest BCUT2D eigenvalue weighted by molar-refractivity contribution is 0.0687. The highest BCUT2D eigenvalue weighted by Crippen LogP contribution is 2.26. The Bertz CT molecular complexity index is 530. The second-order valence-corrected chi connectivity index (χ2v) is 4.37. The van der Waals surface area contributed by atoms with Crippen LogP contribution in [0.5, 0.6) is 0 Å². The average Bonchev–Trinajstić information content (AvgIpc) is 2.78. The third kappa shape index (κ3) is 2.40. The first-order valence-electron chi connectivity index (χ1n) is 4.84. The van der Waals surface area contributed by atoms with Crippen molar-refractivity contribution in [3.63, 3.8) is 0 Å². The van der Waals surface area contributed by atoms with Gasteiger partial charge in [-0.25, -0.2) is 4.79 Å². The predicted molar refractivity (Wildman–Crippen MR) is 63.9 cm³/mol. The van der Waals surface area contributed by atoms with Crippen LogP contribution in [0.2, 0.25) is 0 Å². The van der Waals surface area contributed by atoms with Crippen molar-refractivity contribution in [2.24, 2.45) is 0 Å². The number of hydrogen-bond donors (Lipinski definition) is 2. The second kappa shape index (κ2) is 4.73. The quantitative estimate of drug-likeness (QED) is 0.914. The smallest absolute Gasteiger partial charge is 0.339 e. The van der Waals surface area contributed by atoms with E-state index in [1.165, 1.54) is 12.3 Å². The van der Waals surface area contributed by atoms with E-state index in [2.05, 4.69) is 15.9 Å². The Morgan fingerprint density at radius 1 is 1.24 bits per heavy atom. The number of aliphatic hydroxyl groups excluding tert-OH is 1. The van der Waals surface area contributed by atoms with Gasteiger partial charge in [-0.2, -0.15) is 0 Å². The number of benzene rings is 1. The minimum Gasteiger partial charge on any atom is -0.478 e. The van der Waals surface area contributed by atoms with Gasteiger partial charge in [0.2, 0.25) is 0 Å². The van der Waals surface area contributed by atoms with Gasteiger partial charge in [0.1, 0.15) is 11.7 Å². The molecule has 5 heteroatoms. The molecule has 0 amide bonds. The third-order valence-corrected chi connectivity index (χ3v) is 2.89. The van der Waals surface area contributed by atoms with Crippen molar-refractivity contribution < 1.29 is 19.4 Å². The largest absolute Gasteiger partial charge is 0.478 e. The van der Waals surface area contributed by atoms with E-state index in [0.717, 1.165) is 4.47 Å². The summed E-state index contributed by atoms with van der Waals surface area (Å²) in [6.07, 6.45) is 0.171. The molecule has 0 aliphatic carbocycles. The summed E-state index contributed by atoms with van der Waals surface area (Å²) in [6, 6.07) is 8.25. The molecule has 2 rings (SSSR count). The Morgan fingerprint density at radius 2 is 1.88 bits per heavy atom. The zero-order valence-electron chi connectivity index (χ0n) is 8.63. The standard InChI is InChI=1S/C12H9BrO4/c13-8-3-1-7(2-4-8)10(14)11-9(12(15)16)5-6-17-11/h1-6,10,14H,(H,15,16). The number of carboxylic acid groups (broad SMARTS) is 1. The Hall–Kier alpha value is -1.59. The Labute approximate surface area is 106 Å². The molecule has 1 aromatic carbocycles. The highest BCUT2D eigenvalue weighted by Gasteiger charge is 2.21. The molecule has 4 nitrogen and oxygen atoms in total. The molecule has 0 saturated heterocycles. The van der Waals surface area contributed by atoms with E-state index in [-0.39, 0.29) is 11.3 Å². The number of aromatic carboxylic acids is 1. The van der Waals surface area contributed by atoms with Gasteiger partial charge in [-0.1, -0.05) is 28.1 Å². The van der Waals surface area contributed by atoms with E-state index in [1.807, 2.05) is 0 Å². The molecular formula is C12H9BrO4. The molecule has 1 atom stereocenters. The van der Waals surface area contributed by atoms with Crippen LogP contribution in [0.1, 0.15) is 27.8 Å². The summed E-state index contributed by atoms with van der Waals surface area (Å²) in [6.45, 7) is 0.